The molecule has 0 amide bonds. The maximum atomic E-state index is 2.68. The highest BCUT2D eigenvalue weighted by molar-refractivity contribution is 6.92. The molecule has 3 atom stereocenters. The monoisotopic (exact) mass is 424 g/mol. The lowest BCUT2D eigenvalue weighted by Crippen LogP contribution is -2.32. The summed E-state index contributed by atoms with van der Waals surface area (Å²) in [4.78, 5) is 0. The van der Waals surface area contributed by atoms with Gasteiger partial charge in [-0.05, 0) is 84.3 Å². The van der Waals surface area contributed by atoms with Gasteiger partial charge in [0.05, 0.1) is 0 Å². The summed E-state index contributed by atoms with van der Waals surface area (Å²) in [7, 11) is -1.79. The largest absolute Gasteiger partial charge is 0.113 e. The molecule has 0 bridgehead atoms. The van der Waals surface area contributed by atoms with Crippen LogP contribution in [0.1, 0.15) is 58.8 Å². The van der Waals surface area contributed by atoms with E-state index in [-0.39, 0.29) is 0 Å². The van der Waals surface area contributed by atoms with Gasteiger partial charge in [-0.1, -0.05) is 85.4 Å². The van der Waals surface area contributed by atoms with Crippen LogP contribution in [0.15, 0.2) is 91.9 Å². The SMILES string of the molecule is CCC(C)C1=CC([Si](C)(C)C2=C3C=C4CCCC4=CC3C=C2)=C2C=C3CCCC3=CC12. The van der Waals surface area contributed by atoms with E-state index in [1.165, 1.54) is 44.9 Å². The number of hydrogen-bond acceptors (Lipinski definition) is 0. The highest BCUT2D eigenvalue weighted by atomic mass is 28.3. The Morgan fingerprint density at radius 2 is 1.48 bits per heavy atom. The molecule has 6 aliphatic carbocycles. The summed E-state index contributed by atoms with van der Waals surface area (Å²) in [6.07, 6.45) is 27.2. The summed E-state index contributed by atoms with van der Waals surface area (Å²) >= 11 is 0. The Balaban J connectivity index is 1.48. The molecule has 0 nitrogen and oxygen atoms in total. The fourth-order valence-electron chi connectivity index (χ4n) is 6.96. The first kappa shape index (κ1) is 19.8. The fourth-order valence-corrected chi connectivity index (χ4v) is 10.2. The summed E-state index contributed by atoms with van der Waals surface area (Å²) in [6, 6.07) is 0. The molecule has 31 heavy (non-hydrogen) atoms. The minimum atomic E-state index is -1.79. The summed E-state index contributed by atoms with van der Waals surface area (Å²) in [6.45, 7) is 10.0. The van der Waals surface area contributed by atoms with E-state index in [1.807, 2.05) is 0 Å². The lowest BCUT2D eigenvalue weighted by atomic mass is 9.81. The van der Waals surface area contributed by atoms with Gasteiger partial charge in [0.15, 0.2) is 0 Å². The molecule has 6 rings (SSSR count). The number of allylic oxidation sites excluding steroid dienone is 16. The number of hydrogen-bond donors (Lipinski definition) is 0. The van der Waals surface area contributed by atoms with Crippen LogP contribution >= 0.6 is 0 Å². The van der Waals surface area contributed by atoms with Gasteiger partial charge in [0.2, 0.25) is 0 Å². The van der Waals surface area contributed by atoms with Crippen LogP contribution in [0.25, 0.3) is 0 Å². The smallest absolute Gasteiger partial charge is 0.0733 e. The van der Waals surface area contributed by atoms with Crippen LogP contribution < -0.4 is 0 Å². The molecular formula is C30H36Si. The van der Waals surface area contributed by atoms with Crippen molar-refractivity contribution in [2.24, 2.45) is 17.8 Å². The Morgan fingerprint density at radius 3 is 2.19 bits per heavy atom. The van der Waals surface area contributed by atoms with Gasteiger partial charge in [0.25, 0.3) is 0 Å². The summed E-state index contributed by atoms with van der Waals surface area (Å²) < 4.78 is 0. The lowest BCUT2D eigenvalue weighted by molar-refractivity contribution is 0.609. The van der Waals surface area contributed by atoms with Crippen LogP contribution in [-0.2, 0) is 0 Å². The van der Waals surface area contributed by atoms with Crippen LogP contribution in [0.4, 0.5) is 0 Å². The van der Waals surface area contributed by atoms with Crippen molar-refractivity contribution in [2.75, 3.05) is 0 Å². The van der Waals surface area contributed by atoms with E-state index in [0.717, 1.165) is 0 Å². The molecule has 0 aromatic rings. The first-order chi connectivity index (χ1) is 15.0. The summed E-state index contributed by atoms with van der Waals surface area (Å²) in [5, 5.41) is 3.41. The zero-order valence-electron chi connectivity index (χ0n) is 19.7. The van der Waals surface area contributed by atoms with Crippen LogP contribution in [0, 0.1) is 17.8 Å². The van der Waals surface area contributed by atoms with Crippen molar-refractivity contribution in [3.05, 3.63) is 91.9 Å². The first-order valence-electron chi connectivity index (χ1n) is 12.7. The second-order valence-electron chi connectivity index (χ2n) is 11.1. The normalized spacial score (nSPS) is 29.7. The first-order valence-corrected chi connectivity index (χ1v) is 15.7. The van der Waals surface area contributed by atoms with Crippen molar-refractivity contribution in [3.63, 3.8) is 0 Å². The van der Waals surface area contributed by atoms with E-state index >= 15 is 0 Å². The number of rotatable bonds is 4. The van der Waals surface area contributed by atoms with Gasteiger partial charge < -0.3 is 0 Å². The van der Waals surface area contributed by atoms with E-state index < -0.39 is 8.07 Å². The molecule has 0 spiro atoms. The van der Waals surface area contributed by atoms with Crippen molar-refractivity contribution in [1.29, 1.82) is 0 Å². The molecule has 2 fully saturated rings. The maximum Gasteiger partial charge on any atom is 0.113 e. The quantitative estimate of drug-likeness (QED) is 0.398. The van der Waals surface area contributed by atoms with Crippen molar-refractivity contribution >= 4 is 8.07 Å². The molecule has 0 N–H and O–H groups in total. The molecule has 0 aromatic heterocycles. The molecule has 0 radical (unpaired) electrons. The number of fused-ring (bicyclic) bond motifs is 4. The molecule has 1 heteroatoms. The average Bonchev–Trinajstić information content (AvgIpc) is 3.53. The second-order valence-corrected chi connectivity index (χ2v) is 15.4. The Labute approximate surface area is 189 Å². The van der Waals surface area contributed by atoms with Gasteiger partial charge in [-0.2, -0.15) is 0 Å². The Morgan fingerprint density at radius 1 is 0.839 bits per heavy atom. The van der Waals surface area contributed by atoms with Gasteiger partial charge >= 0.3 is 0 Å². The summed E-state index contributed by atoms with van der Waals surface area (Å²) in [5.41, 5.74) is 11.5. The highest BCUT2D eigenvalue weighted by Crippen LogP contribution is 2.51. The average molecular weight is 425 g/mol. The van der Waals surface area contributed by atoms with E-state index in [2.05, 4.69) is 69.5 Å². The molecular weight excluding hydrogens is 388 g/mol. The van der Waals surface area contributed by atoms with E-state index in [0.29, 0.717) is 17.8 Å². The predicted molar refractivity (Wildman–Crippen MR) is 135 cm³/mol. The van der Waals surface area contributed by atoms with Gasteiger partial charge in [0, 0.05) is 11.8 Å². The molecule has 160 valence electrons. The third-order valence-corrected chi connectivity index (χ3v) is 12.6. The van der Waals surface area contributed by atoms with Crippen molar-refractivity contribution in [3.8, 4) is 0 Å². The van der Waals surface area contributed by atoms with Crippen molar-refractivity contribution in [1.82, 2.24) is 0 Å². The summed E-state index contributed by atoms with van der Waals surface area (Å²) in [5.74, 6) is 1.75. The van der Waals surface area contributed by atoms with E-state index in [1.54, 1.807) is 49.4 Å². The third-order valence-electron chi connectivity index (χ3n) is 9.00. The van der Waals surface area contributed by atoms with Crippen LogP contribution in [0.2, 0.25) is 13.1 Å². The maximum absolute atomic E-state index is 2.68. The van der Waals surface area contributed by atoms with Gasteiger partial charge in [-0.15, -0.1) is 0 Å². The fraction of sp³-hybridized carbons (Fsp3) is 0.467. The lowest BCUT2D eigenvalue weighted by Gasteiger charge is -2.30. The topological polar surface area (TPSA) is 0 Å². The predicted octanol–water partition coefficient (Wildman–Crippen LogP) is 8.26. The Hall–Kier alpha value is -1.86. The molecule has 0 heterocycles. The third kappa shape index (κ3) is 2.92. The van der Waals surface area contributed by atoms with Crippen LogP contribution in [0.5, 0.6) is 0 Å². The molecule has 0 saturated heterocycles. The molecule has 0 aliphatic heterocycles. The van der Waals surface area contributed by atoms with E-state index in [4.69, 9.17) is 0 Å². The van der Waals surface area contributed by atoms with E-state index in [9.17, 15) is 0 Å². The molecule has 0 aromatic carbocycles. The Kier molecular flexibility index (Phi) is 4.51. The Bertz CT molecular complexity index is 1110. The van der Waals surface area contributed by atoms with Gasteiger partial charge in [-0.25, -0.2) is 0 Å². The molecule has 2 saturated carbocycles. The van der Waals surface area contributed by atoms with Gasteiger partial charge in [0.1, 0.15) is 8.07 Å². The molecule has 3 unspecified atom stereocenters. The zero-order valence-corrected chi connectivity index (χ0v) is 20.7. The van der Waals surface area contributed by atoms with Crippen LogP contribution in [0.3, 0.4) is 0 Å². The van der Waals surface area contributed by atoms with Gasteiger partial charge in [-0.3, -0.25) is 0 Å². The minimum absolute atomic E-state index is 0.533. The highest BCUT2D eigenvalue weighted by Gasteiger charge is 2.42. The van der Waals surface area contributed by atoms with Crippen LogP contribution in [-0.4, -0.2) is 8.07 Å². The zero-order chi connectivity index (χ0) is 21.3. The van der Waals surface area contributed by atoms with Crippen molar-refractivity contribution in [2.45, 2.75) is 71.9 Å². The molecule has 6 aliphatic rings. The standard InChI is InChI=1S/C30H36Si/c1-5-19(2)25-18-30(28-17-23-11-7-10-22(23)16-27(25)28)31(3,4)29-13-12-24-14-20-8-6-9-21(20)15-26(24)29/h12-19,24,27H,5-11H2,1-4H3. The second kappa shape index (κ2) is 7.07. The van der Waals surface area contributed by atoms with Crippen molar-refractivity contribution < 1.29 is 0 Å². The minimum Gasteiger partial charge on any atom is -0.0733 e.